The molecular weight excluding hydrogens is 433 g/mol. The summed E-state index contributed by atoms with van der Waals surface area (Å²) in [5.74, 6) is -0.0811. The van der Waals surface area contributed by atoms with Crippen molar-refractivity contribution >= 4 is 34.2 Å². The van der Waals surface area contributed by atoms with Crippen LogP contribution in [0.5, 0.6) is 5.75 Å². The lowest BCUT2D eigenvalue weighted by Gasteiger charge is -2.09. The lowest BCUT2D eigenvalue weighted by Crippen LogP contribution is -2.13. The van der Waals surface area contributed by atoms with Gasteiger partial charge in [-0.1, -0.05) is 17.7 Å². The Hall–Kier alpha value is -3.59. The molecule has 0 radical (unpaired) electrons. The fraction of sp³-hybridized carbons (Fsp3) is 0.0952. The average Bonchev–Trinajstić information content (AvgIpc) is 3.16. The van der Waals surface area contributed by atoms with Crippen LogP contribution in [-0.4, -0.2) is 28.0 Å². The first-order chi connectivity index (χ1) is 14.7. The van der Waals surface area contributed by atoms with Gasteiger partial charge in [0, 0.05) is 10.7 Å². The number of hydrogen-bond donors (Lipinski definition) is 1. The van der Waals surface area contributed by atoms with Crippen LogP contribution in [0.15, 0.2) is 60.7 Å². The molecule has 0 bridgehead atoms. The molecule has 1 N–H and O–H groups in total. The van der Waals surface area contributed by atoms with E-state index in [9.17, 15) is 18.0 Å². The summed E-state index contributed by atoms with van der Waals surface area (Å²) in [5.41, 5.74) is 0.900. The number of ether oxygens (including phenoxy) is 1. The third kappa shape index (κ3) is 4.31. The van der Waals surface area contributed by atoms with Gasteiger partial charge in [0.15, 0.2) is 0 Å². The summed E-state index contributed by atoms with van der Waals surface area (Å²) in [7, 11) is 1.44. The van der Waals surface area contributed by atoms with E-state index in [0.29, 0.717) is 27.5 Å². The largest absolute Gasteiger partial charge is 0.496 e. The zero-order valence-corrected chi connectivity index (χ0v) is 16.7. The molecule has 0 atom stereocenters. The lowest BCUT2D eigenvalue weighted by atomic mass is 10.1. The van der Waals surface area contributed by atoms with Crippen LogP contribution in [0.1, 0.15) is 15.9 Å². The molecule has 0 aliphatic heterocycles. The molecule has 3 aromatic carbocycles. The third-order valence-corrected chi connectivity index (χ3v) is 4.68. The molecule has 10 heteroatoms. The monoisotopic (exact) mass is 446 g/mol. The molecule has 0 fully saturated rings. The maximum absolute atomic E-state index is 13.0. The quantitative estimate of drug-likeness (QED) is 0.458. The van der Waals surface area contributed by atoms with E-state index in [1.165, 1.54) is 25.3 Å². The number of nitrogens with zero attached hydrogens (tertiary/aromatic N) is 3. The van der Waals surface area contributed by atoms with Crippen LogP contribution in [0.3, 0.4) is 0 Å². The van der Waals surface area contributed by atoms with E-state index in [2.05, 4.69) is 15.5 Å². The molecule has 0 unspecified atom stereocenters. The molecule has 158 valence electrons. The second-order valence-corrected chi connectivity index (χ2v) is 6.98. The Kier molecular flexibility index (Phi) is 5.28. The molecule has 0 aliphatic rings. The number of carbonyl (C=O) groups excluding carboxylic acids is 1. The van der Waals surface area contributed by atoms with Gasteiger partial charge < -0.3 is 10.1 Å². The van der Waals surface area contributed by atoms with Gasteiger partial charge >= 0.3 is 6.18 Å². The van der Waals surface area contributed by atoms with Crippen LogP contribution in [0.4, 0.5) is 18.9 Å². The highest BCUT2D eigenvalue weighted by atomic mass is 35.5. The maximum Gasteiger partial charge on any atom is 0.416 e. The minimum atomic E-state index is -4.47. The summed E-state index contributed by atoms with van der Waals surface area (Å²) in [5, 5.41) is 11.6. The number of rotatable bonds is 4. The molecule has 1 heterocycles. The fourth-order valence-electron chi connectivity index (χ4n) is 2.97. The number of hydrogen-bond acceptors (Lipinski definition) is 4. The molecule has 1 aromatic heterocycles. The number of aromatic nitrogens is 3. The van der Waals surface area contributed by atoms with E-state index in [1.807, 2.05) is 0 Å². The van der Waals surface area contributed by atoms with Gasteiger partial charge in [0.05, 0.1) is 23.9 Å². The summed E-state index contributed by atoms with van der Waals surface area (Å²) in [6.45, 7) is 0. The Balaban J connectivity index is 1.63. The first-order valence-corrected chi connectivity index (χ1v) is 9.32. The van der Waals surface area contributed by atoms with Gasteiger partial charge in [-0.15, -0.1) is 10.2 Å². The maximum atomic E-state index is 13.0. The Morgan fingerprint density at radius 1 is 1.03 bits per heavy atom. The van der Waals surface area contributed by atoms with Gasteiger partial charge in [0.25, 0.3) is 5.91 Å². The lowest BCUT2D eigenvalue weighted by molar-refractivity contribution is -0.137. The molecule has 4 rings (SSSR count). The normalized spacial score (nSPS) is 11.5. The van der Waals surface area contributed by atoms with Crippen LogP contribution in [0, 0.1) is 0 Å². The van der Waals surface area contributed by atoms with Crippen molar-refractivity contribution in [3.05, 3.63) is 76.8 Å². The van der Waals surface area contributed by atoms with E-state index in [-0.39, 0.29) is 11.3 Å². The van der Waals surface area contributed by atoms with Crippen molar-refractivity contribution in [2.75, 3.05) is 12.4 Å². The van der Waals surface area contributed by atoms with Gasteiger partial charge in [-0.2, -0.15) is 18.0 Å². The number of carbonyl (C=O) groups is 1. The number of methoxy groups -OCH3 is 1. The summed E-state index contributed by atoms with van der Waals surface area (Å²) in [6.07, 6.45) is -4.47. The van der Waals surface area contributed by atoms with E-state index < -0.39 is 17.6 Å². The van der Waals surface area contributed by atoms with Crippen LogP contribution >= 0.6 is 11.6 Å². The number of halogens is 4. The molecule has 1 amide bonds. The fourth-order valence-corrected chi connectivity index (χ4v) is 3.14. The number of nitrogens with one attached hydrogen (secondary N) is 1. The smallest absolute Gasteiger partial charge is 0.416 e. The van der Waals surface area contributed by atoms with Crippen molar-refractivity contribution in [1.29, 1.82) is 0 Å². The first-order valence-electron chi connectivity index (χ1n) is 8.94. The van der Waals surface area contributed by atoms with Crippen molar-refractivity contribution in [1.82, 2.24) is 15.0 Å². The third-order valence-electron chi connectivity index (χ3n) is 4.45. The highest BCUT2D eigenvalue weighted by Crippen LogP contribution is 2.30. The highest BCUT2D eigenvalue weighted by molar-refractivity contribution is 6.31. The van der Waals surface area contributed by atoms with Crippen molar-refractivity contribution in [2.45, 2.75) is 6.18 Å². The van der Waals surface area contributed by atoms with E-state index >= 15 is 0 Å². The van der Waals surface area contributed by atoms with E-state index in [4.69, 9.17) is 16.3 Å². The molecule has 6 nitrogen and oxygen atoms in total. The van der Waals surface area contributed by atoms with Crippen LogP contribution in [0.25, 0.3) is 16.7 Å². The molecular formula is C21H14ClF3N4O2. The van der Waals surface area contributed by atoms with Gasteiger partial charge in [-0.3, -0.25) is 4.79 Å². The van der Waals surface area contributed by atoms with Crippen molar-refractivity contribution in [3.8, 4) is 11.4 Å². The van der Waals surface area contributed by atoms with Gasteiger partial charge in [0.1, 0.15) is 16.8 Å². The standard InChI is InChI=1S/C21H14ClF3N4O2/c1-31-19-8-5-13(22)10-16(19)20(30)26-14-6-7-17-18(11-14)28-29(27-17)15-4-2-3-12(9-15)21(23,24)25/h2-11H,1H3,(H,26,30). The Labute approximate surface area is 179 Å². The summed E-state index contributed by atoms with van der Waals surface area (Å²) >= 11 is 5.97. The average molecular weight is 447 g/mol. The molecule has 0 saturated carbocycles. The molecule has 4 aromatic rings. The number of anilines is 1. The first kappa shape index (κ1) is 20.7. The predicted molar refractivity (Wildman–Crippen MR) is 110 cm³/mol. The zero-order valence-electron chi connectivity index (χ0n) is 15.9. The minimum Gasteiger partial charge on any atom is -0.496 e. The van der Waals surface area contributed by atoms with E-state index in [0.717, 1.165) is 16.9 Å². The topological polar surface area (TPSA) is 69.0 Å². The second kappa shape index (κ2) is 7.92. The van der Waals surface area contributed by atoms with Gasteiger partial charge in [-0.05, 0) is 54.6 Å². The molecule has 31 heavy (non-hydrogen) atoms. The van der Waals surface area contributed by atoms with Crippen LogP contribution < -0.4 is 10.1 Å². The van der Waals surface area contributed by atoms with Gasteiger partial charge in [-0.25, -0.2) is 0 Å². The van der Waals surface area contributed by atoms with Crippen molar-refractivity contribution < 1.29 is 22.7 Å². The Morgan fingerprint density at radius 3 is 2.55 bits per heavy atom. The summed E-state index contributed by atoms with van der Waals surface area (Å²) in [6, 6.07) is 14.2. The number of benzene rings is 3. The van der Waals surface area contributed by atoms with Gasteiger partial charge in [0.2, 0.25) is 0 Å². The number of alkyl halides is 3. The molecule has 0 aliphatic carbocycles. The second-order valence-electron chi connectivity index (χ2n) is 6.54. The Bertz CT molecular complexity index is 1290. The predicted octanol–water partition coefficient (Wildman–Crippen LogP) is 5.35. The van der Waals surface area contributed by atoms with Crippen LogP contribution in [-0.2, 0) is 6.18 Å². The summed E-state index contributed by atoms with van der Waals surface area (Å²) < 4.78 is 44.1. The molecule has 0 saturated heterocycles. The SMILES string of the molecule is COc1ccc(Cl)cc1C(=O)Nc1ccc2nn(-c3cccc(C(F)(F)F)c3)nc2c1. The minimum absolute atomic E-state index is 0.167. The number of amides is 1. The Morgan fingerprint density at radius 2 is 1.81 bits per heavy atom. The van der Waals surface area contributed by atoms with Crippen molar-refractivity contribution in [3.63, 3.8) is 0 Å². The molecule has 0 spiro atoms. The zero-order chi connectivity index (χ0) is 22.2. The highest BCUT2D eigenvalue weighted by Gasteiger charge is 2.30. The summed E-state index contributed by atoms with van der Waals surface area (Å²) in [4.78, 5) is 13.8. The number of fused-ring (bicyclic) bond motifs is 1. The van der Waals surface area contributed by atoms with Crippen molar-refractivity contribution in [2.24, 2.45) is 0 Å². The van der Waals surface area contributed by atoms with Crippen LogP contribution in [0.2, 0.25) is 5.02 Å². The van der Waals surface area contributed by atoms with E-state index in [1.54, 1.807) is 30.3 Å².